The number of hydrogen-bond acceptors (Lipinski definition) is 2. The molecule has 3 N–H and O–H groups in total. The summed E-state index contributed by atoms with van der Waals surface area (Å²) in [7, 11) is 0. The Bertz CT molecular complexity index is 361. The van der Waals surface area contributed by atoms with Crippen molar-refractivity contribution in [1.82, 2.24) is 0 Å². The van der Waals surface area contributed by atoms with Gasteiger partial charge in [-0.3, -0.25) is 0 Å². The first-order valence-corrected chi connectivity index (χ1v) is 5.21. The summed E-state index contributed by atoms with van der Waals surface area (Å²) in [5.74, 6) is -2.17. The molecular weight excluding hydrogens is 212 g/mol. The van der Waals surface area contributed by atoms with Crippen LogP contribution in [-0.4, -0.2) is 17.3 Å². The fraction of sp³-hybridized carbons (Fsp3) is 0.500. The minimum atomic E-state index is -0.885. The number of rotatable bonds is 4. The van der Waals surface area contributed by atoms with Crippen LogP contribution in [0.25, 0.3) is 0 Å². The summed E-state index contributed by atoms with van der Waals surface area (Å²) >= 11 is 0. The van der Waals surface area contributed by atoms with Crippen LogP contribution in [0, 0.1) is 11.6 Å². The average Bonchev–Trinajstić information content (AvgIpc) is 2.18. The van der Waals surface area contributed by atoms with E-state index in [4.69, 9.17) is 10.8 Å². The van der Waals surface area contributed by atoms with Gasteiger partial charge in [-0.15, -0.1) is 0 Å². The number of aliphatic hydroxyl groups is 1. The standard InChI is InChI=1S/C12H17F2NO/c1-12(2,15)9(6-7-16)8-4-3-5-10(13)11(8)14/h3-5,9,16H,6-7,15H2,1-2H3. The average molecular weight is 229 g/mol. The van der Waals surface area contributed by atoms with Gasteiger partial charge < -0.3 is 10.8 Å². The first-order valence-electron chi connectivity index (χ1n) is 5.21. The zero-order chi connectivity index (χ0) is 12.3. The van der Waals surface area contributed by atoms with Crippen LogP contribution in [-0.2, 0) is 0 Å². The highest BCUT2D eigenvalue weighted by Crippen LogP contribution is 2.31. The highest BCUT2D eigenvalue weighted by Gasteiger charge is 2.29. The Kier molecular flexibility index (Phi) is 3.99. The quantitative estimate of drug-likeness (QED) is 0.831. The minimum absolute atomic E-state index is 0.110. The van der Waals surface area contributed by atoms with E-state index in [-0.39, 0.29) is 12.2 Å². The third-order valence-electron chi connectivity index (χ3n) is 2.67. The normalized spacial score (nSPS) is 13.9. The van der Waals surface area contributed by atoms with E-state index in [9.17, 15) is 8.78 Å². The monoisotopic (exact) mass is 229 g/mol. The van der Waals surface area contributed by atoms with Crippen molar-refractivity contribution in [2.45, 2.75) is 31.7 Å². The van der Waals surface area contributed by atoms with Crippen molar-refractivity contribution < 1.29 is 13.9 Å². The van der Waals surface area contributed by atoms with Gasteiger partial charge in [-0.1, -0.05) is 12.1 Å². The summed E-state index contributed by atoms with van der Waals surface area (Å²) in [5.41, 5.74) is 5.43. The van der Waals surface area contributed by atoms with Crippen molar-refractivity contribution in [2.75, 3.05) is 6.61 Å². The van der Waals surface area contributed by atoms with Crippen LogP contribution < -0.4 is 5.73 Å². The molecule has 16 heavy (non-hydrogen) atoms. The van der Waals surface area contributed by atoms with Crippen LogP contribution >= 0.6 is 0 Å². The maximum atomic E-state index is 13.6. The Balaban J connectivity index is 3.16. The summed E-state index contributed by atoms with van der Waals surface area (Å²) in [6.45, 7) is 3.36. The molecule has 0 aliphatic carbocycles. The molecule has 0 saturated heterocycles. The lowest BCUT2D eigenvalue weighted by Gasteiger charge is -2.30. The zero-order valence-corrected chi connectivity index (χ0v) is 9.50. The Morgan fingerprint density at radius 1 is 1.38 bits per heavy atom. The van der Waals surface area contributed by atoms with Gasteiger partial charge >= 0.3 is 0 Å². The lowest BCUT2D eigenvalue weighted by atomic mass is 9.80. The number of halogens is 2. The largest absolute Gasteiger partial charge is 0.396 e. The first-order chi connectivity index (χ1) is 7.38. The molecular formula is C12H17F2NO. The molecule has 0 saturated carbocycles. The van der Waals surface area contributed by atoms with Gasteiger partial charge in [0.15, 0.2) is 11.6 Å². The fourth-order valence-electron chi connectivity index (χ4n) is 1.85. The highest BCUT2D eigenvalue weighted by atomic mass is 19.2. The molecule has 0 fully saturated rings. The lowest BCUT2D eigenvalue weighted by Crippen LogP contribution is -2.40. The molecule has 0 aromatic heterocycles. The van der Waals surface area contributed by atoms with E-state index >= 15 is 0 Å². The summed E-state index contributed by atoms with van der Waals surface area (Å²) in [5, 5.41) is 8.95. The van der Waals surface area contributed by atoms with Crippen LogP contribution in [0.2, 0.25) is 0 Å². The SMILES string of the molecule is CC(C)(N)C(CCO)c1cccc(F)c1F. The molecule has 0 aliphatic heterocycles. The van der Waals surface area contributed by atoms with Gasteiger partial charge in [0.25, 0.3) is 0 Å². The molecule has 0 aliphatic rings. The predicted molar refractivity (Wildman–Crippen MR) is 59.1 cm³/mol. The Morgan fingerprint density at radius 2 is 2.00 bits per heavy atom. The molecule has 0 spiro atoms. The van der Waals surface area contributed by atoms with Crippen LogP contribution in [0.15, 0.2) is 18.2 Å². The molecule has 1 aromatic rings. The zero-order valence-electron chi connectivity index (χ0n) is 9.50. The van der Waals surface area contributed by atoms with Gasteiger partial charge in [-0.05, 0) is 31.9 Å². The molecule has 0 heterocycles. The molecule has 0 radical (unpaired) electrons. The predicted octanol–water partition coefficient (Wildman–Crippen LogP) is 2.17. The van der Waals surface area contributed by atoms with Gasteiger partial charge in [0, 0.05) is 18.1 Å². The molecule has 1 unspecified atom stereocenters. The molecule has 2 nitrogen and oxygen atoms in total. The molecule has 1 atom stereocenters. The maximum absolute atomic E-state index is 13.6. The van der Waals surface area contributed by atoms with Crippen LogP contribution in [0.1, 0.15) is 31.7 Å². The van der Waals surface area contributed by atoms with E-state index in [1.165, 1.54) is 12.1 Å². The van der Waals surface area contributed by atoms with Gasteiger partial charge in [0.1, 0.15) is 0 Å². The smallest absolute Gasteiger partial charge is 0.162 e. The first kappa shape index (κ1) is 13.1. The molecule has 1 aromatic carbocycles. The molecule has 0 bridgehead atoms. The minimum Gasteiger partial charge on any atom is -0.396 e. The molecule has 1 rings (SSSR count). The van der Waals surface area contributed by atoms with Gasteiger partial charge in [0.2, 0.25) is 0 Å². The van der Waals surface area contributed by atoms with E-state index in [2.05, 4.69) is 0 Å². The highest BCUT2D eigenvalue weighted by molar-refractivity contribution is 5.26. The second kappa shape index (κ2) is 4.89. The number of benzene rings is 1. The second-order valence-electron chi connectivity index (χ2n) is 4.53. The Morgan fingerprint density at radius 3 is 2.50 bits per heavy atom. The van der Waals surface area contributed by atoms with Crippen molar-refractivity contribution in [1.29, 1.82) is 0 Å². The molecule has 0 amide bonds. The third-order valence-corrected chi connectivity index (χ3v) is 2.67. The van der Waals surface area contributed by atoms with Crippen molar-refractivity contribution in [3.05, 3.63) is 35.4 Å². The Hall–Kier alpha value is -1.00. The number of aliphatic hydroxyl groups excluding tert-OH is 1. The summed E-state index contributed by atoms with van der Waals surface area (Å²) in [6.07, 6.45) is 0.309. The van der Waals surface area contributed by atoms with Gasteiger partial charge in [0.05, 0.1) is 0 Å². The topological polar surface area (TPSA) is 46.2 Å². The van der Waals surface area contributed by atoms with Crippen molar-refractivity contribution >= 4 is 0 Å². The van der Waals surface area contributed by atoms with Crippen LogP contribution in [0.4, 0.5) is 8.78 Å². The van der Waals surface area contributed by atoms with E-state index in [1.54, 1.807) is 13.8 Å². The van der Waals surface area contributed by atoms with E-state index < -0.39 is 23.1 Å². The van der Waals surface area contributed by atoms with E-state index in [0.717, 1.165) is 6.07 Å². The van der Waals surface area contributed by atoms with Crippen LogP contribution in [0.3, 0.4) is 0 Å². The molecule has 90 valence electrons. The third kappa shape index (κ3) is 2.77. The van der Waals surface area contributed by atoms with Gasteiger partial charge in [-0.2, -0.15) is 0 Å². The van der Waals surface area contributed by atoms with E-state index in [1.807, 2.05) is 0 Å². The van der Waals surface area contributed by atoms with Crippen molar-refractivity contribution in [3.8, 4) is 0 Å². The van der Waals surface area contributed by atoms with Crippen molar-refractivity contribution in [3.63, 3.8) is 0 Å². The fourth-order valence-corrected chi connectivity index (χ4v) is 1.85. The second-order valence-corrected chi connectivity index (χ2v) is 4.53. The summed E-state index contributed by atoms with van der Waals surface area (Å²) in [4.78, 5) is 0. The number of hydrogen-bond donors (Lipinski definition) is 2. The summed E-state index contributed by atoms with van der Waals surface area (Å²) < 4.78 is 26.7. The van der Waals surface area contributed by atoms with Gasteiger partial charge in [-0.25, -0.2) is 8.78 Å². The van der Waals surface area contributed by atoms with E-state index in [0.29, 0.717) is 6.42 Å². The Labute approximate surface area is 94.1 Å². The van der Waals surface area contributed by atoms with Crippen molar-refractivity contribution in [2.24, 2.45) is 5.73 Å². The van der Waals surface area contributed by atoms with Crippen LogP contribution in [0.5, 0.6) is 0 Å². The molecule has 4 heteroatoms. The lowest BCUT2D eigenvalue weighted by molar-refractivity contribution is 0.247. The number of nitrogens with two attached hydrogens (primary N) is 1. The summed E-state index contributed by atoms with van der Waals surface area (Å²) in [6, 6.07) is 4.02. The maximum Gasteiger partial charge on any atom is 0.162 e.